The molecule has 0 saturated carbocycles. The van der Waals surface area contributed by atoms with Gasteiger partial charge in [-0.2, -0.15) is 0 Å². The summed E-state index contributed by atoms with van der Waals surface area (Å²) in [5.74, 6) is -0.390. The Morgan fingerprint density at radius 3 is 2.48 bits per heavy atom. The zero-order valence-electron chi connectivity index (χ0n) is 11.1. The number of pyridine rings is 1. The lowest BCUT2D eigenvalue weighted by molar-refractivity contribution is 0.0596. The summed E-state index contributed by atoms with van der Waals surface area (Å²) in [4.78, 5) is 15.8. The Morgan fingerprint density at radius 1 is 1.14 bits per heavy atom. The first-order valence-corrected chi connectivity index (χ1v) is 6.89. The van der Waals surface area contributed by atoms with Crippen molar-refractivity contribution in [2.45, 2.75) is 0 Å². The van der Waals surface area contributed by atoms with E-state index in [0.29, 0.717) is 16.1 Å². The summed E-state index contributed by atoms with van der Waals surface area (Å²) < 4.78 is 9.74. The molecular formula is C14H10Cl3NO3. The van der Waals surface area contributed by atoms with Crippen molar-refractivity contribution in [1.29, 1.82) is 0 Å². The number of ether oxygens (including phenoxy) is 2. The van der Waals surface area contributed by atoms with Crippen molar-refractivity contribution in [2.75, 3.05) is 14.2 Å². The van der Waals surface area contributed by atoms with Gasteiger partial charge in [0, 0.05) is 17.3 Å². The van der Waals surface area contributed by atoms with Gasteiger partial charge in [-0.25, -0.2) is 9.78 Å². The van der Waals surface area contributed by atoms with Crippen LogP contribution in [0.1, 0.15) is 10.4 Å². The number of benzene rings is 1. The zero-order valence-corrected chi connectivity index (χ0v) is 13.4. The van der Waals surface area contributed by atoms with Crippen LogP contribution in [0.4, 0.5) is 0 Å². The smallest absolute Gasteiger partial charge is 0.343 e. The van der Waals surface area contributed by atoms with Gasteiger partial charge in [0.05, 0.1) is 29.3 Å². The molecule has 7 heteroatoms. The van der Waals surface area contributed by atoms with Gasteiger partial charge < -0.3 is 9.47 Å². The third-order valence-electron chi connectivity index (χ3n) is 2.80. The molecule has 1 heterocycles. The maximum Gasteiger partial charge on any atom is 0.343 e. The zero-order chi connectivity index (χ0) is 15.6. The first-order chi connectivity index (χ1) is 9.99. The summed E-state index contributed by atoms with van der Waals surface area (Å²) in [5, 5.41) is 0.873. The molecule has 0 radical (unpaired) electrons. The molecule has 0 N–H and O–H groups in total. The third kappa shape index (κ3) is 3.07. The summed E-state index contributed by atoms with van der Waals surface area (Å²) >= 11 is 18.1. The normalized spacial score (nSPS) is 10.3. The molecule has 0 unspecified atom stereocenters. The molecule has 1 aromatic carbocycles. The van der Waals surface area contributed by atoms with Crippen LogP contribution in [0.5, 0.6) is 5.88 Å². The molecule has 0 aliphatic carbocycles. The topological polar surface area (TPSA) is 48.4 Å². The summed E-state index contributed by atoms with van der Waals surface area (Å²) in [6, 6.07) is 4.89. The molecule has 2 aromatic rings. The summed E-state index contributed by atoms with van der Waals surface area (Å²) in [6.45, 7) is 0. The Balaban J connectivity index is 2.61. The Bertz CT molecular complexity index is 704. The highest BCUT2D eigenvalue weighted by molar-refractivity contribution is 6.49. The predicted molar refractivity (Wildman–Crippen MR) is 82.6 cm³/mol. The van der Waals surface area contributed by atoms with Crippen LogP contribution < -0.4 is 4.74 Å². The maximum absolute atomic E-state index is 11.8. The van der Waals surface area contributed by atoms with Crippen molar-refractivity contribution in [3.05, 3.63) is 45.0 Å². The maximum atomic E-state index is 11.8. The number of carbonyl (C=O) groups excluding carboxylic acids is 1. The molecule has 0 saturated heterocycles. The van der Waals surface area contributed by atoms with E-state index >= 15 is 0 Å². The molecule has 110 valence electrons. The van der Waals surface area contributed by atoms with Crippen LogP contribution in [0, 0.1) is 0 Å². The van der Waals surface area contributed by atoms with Crippen molar-refractivity contribution in [1.82, 2.24) is 4.98 Å². The summed E-state index contributed by atoms with van der Waals surface area (Å²) in [5.41, 5.74) is 1.39. The van der Waals surface area contributed by atoms with Crippen molar-refractivity contribution in [3.8, 4) is 17.0 Å². The van der Waals surface area contributed by atoms with Gasteiger partial charge in [-0.3, -0.25) is 0 Å². The average molecular weight is 347 g/mol. The molecule has 0 aliphatic heterocycles. The third-order valence-corrected chi connectivity index (χ3v) is 4.09. The highest BCUT2D eigenvalue weighted by Gasteiger charge is 2.18. The van der Waals surface area contributed by atoms with Gasteiger partial charge in [-0.1, -0.05) is 40.9 Å². The fourth-order valence-electron chi connectivity index (χ4n) is 1.77. The Labute approximate surface area is 136 Å². The minimum atomic E-state index is -0.558. The Morgan fingerprint density at radius 2 is 1.86 bits per heavy atom. The molecule has 2 rings (SSSR count). The van der Waals surface area contributed by atoms with E-state index in [-0.39, 0.29) is 21.5 Å². The number of carbonyl (C=O) groups is 1. The van der Waals surface area contributed by atoms with Crippen LogP contribution in [0.2, 0.25) is 15.1 Å². The highest BCUT2D eigenvalue weighted by atomic mass is 35.5. The SMILES string of the molecule is COC(=O)c1cc(-c2ccc(Cl)c(Cl)c2Cl)cnc1OC. The number of methoxy groups -OCH3 is 2. The molecule has 4 nitrogen and oxygen atoms in total. The van der Waals surface area contributed by atoms with Crippen molar-refractivity contribution in [3.63, 3.8) is 0 Å². The molecule has 1 aromatic heterocycles. The van der Waals surface area contributed by atoms with Gasteiger partial charge in [-0.15, -0.1) is 0 Å². The minimum absolute atomic E-state index is 0.168. The molecule has 0 amide bonds. The van der Waals surface area contributed by atoms with Crippen LogP contribution in [0.25, 0.3) is 11.1 Å². The second-order valence-corrected chi connectivity index (χ2v) is 5.16. The number of nitrogens with zero attached hydrogens (tertiary/aromatic N) is 1. The number of aromatic nitrogens is 1. The van der Waals surface area contributed by atoms with Gasteiger partial charge in [0.15, 0.2) is 0 Å². The van der Waals surface area contributed by atoms with Crippen LogP contribution >= 0.6 is 34.8 Å². The first-order valence-electron chi connectivity index (χ1n) is 5.75. The fraction of sp³-hybridized carbons (Fsp3) is 0.143. The average Bonchev–Trinajstić information content (AvgIpc) is 2.51. The van der Waals surface area contributed by atoms with Crippen LogP contribution in [-0.2, 0) is 4.74 Å². The van der Waals surface area contributed by atoms with E-state index < -0.39 is 5.97 Å². The van der Waals surface area contributed by atoms with Crippen LogP contribution in [0.15, 0.2) is 24.4 Å². The summed E-state index contributed by atoms with van der Waals surface area (Å²) in [6.07, 6.45) is 1.52. The van der Waals surface area contributed by atoms with E-state index in [0.717, 1.165) is 0 Å². The fourth-order valence-corrected chi connectivity index (χ4v) is 2.41. The lowest BCUT2D eigenvalue weighted by Crippen LogP contribution is -2.06. The quantitative estimate of drug-likeness (QED) is 0.606. The van der Waals surface area contributed by atoms with Gasteiger partial charge >= 0.3 is 5.97 Å². The second-order valence-electron chi connectivity index (χ2n) is 4.00. The monoisotopic (exact) mass is 345 g/mol. The van der Waals surface area contributed by atoms with Gasteiger partial charge in [0.25, 0.3) is 0 Å². The van der Waals surface area contributed by atoms with Crippen molar-refractivity contribution < 1.29 is 14.3 Å². The number of hydrogen-bond donors (Lipinski definition) is 0. The van der Waals surface area contributed by atoms with Crippen LogP contribution in [0.3, 0.4) is 0 Å². The second kappa shape index (κ2) is 6.52. The number of esters is 1. The van der Waals surface area contributed by atoms with E-state index in [1.807, 2.05) is 0 Å². The molecule has 0 fully saturated rings. The highest BCUT2D eigenvalue weighted by Crippen LogP contribution is 2.38. The van der Waals surface area contributed by atoms with Crippen molar-refractivity contribution in [2.24, 2.45) is 0 Å². The number of hydrogen-bond acceptors (Lipinski definition) is 4. The largest absolute Gasteiger partial charge is 0.480 e. The molecule has 0 bridgehead atoms. The number of halogens is 3. The van der Waals surface area contributed by atoms with E-state index in [2.05, 4.69) is 4.98 Å². The summed E-state index contributed by atoms with van der Waals surface area (Å²) in [7, 11) is 2.70. The van der Waals surface area contributed by atoms with Gasteiger partial charge in [0.1, 0.15) is 5.56 Å². The van der Waals surface area contributed by atoms with E-state index in [1.165, 1.54) is 20.4 Å². The molecule has 21 heavy (non-hydrogen) atoms. The standard InChI is InChI=1S/C14H10Cl3NO3/c1-20-13-9(14(19)21-2)5-7(6-18-13)8-3-4-10(15)12(17)11(8)16/h3-6H,1-2H3. The van der Waals surface area contributed by atoms with Gasteiger partial charge in [-0.05, 0) is 12.1 Å². The lowest BCUT2D eigenvalue weighted by Gasteiger charge is -2.10. The van der Waals surface area contributed by atoms with E-state index in [1.54, 1.807) is 18.2 Å². The first kappa shape index (κ1) is 15.9. The minimum Gasteiger partial charge on any atom is -0.480 e. The lowest BCUT2D eigenvalue weighted by atomic mass is 10.1. The predicted octanol–water partition coefficient (Wildman–Crippen LogP) is 4.50. The molecule has 0 spiro atoms. The Hall–Kier alpha value is -1.49. The van der Waals surface area contributed by atoms with E-state index in [4.69, 9.17) is 44.3 Å². The van der Waals surface area contributed by atoms with Gasteiger partial charge in [0.2, 0.25) is 5.88 Å². The van der Waals surface area contributed by atoms with Crippen molar-refractivity contribution >= 4 is 40.8 Å². The van der Waals surface area contributed by atoms with E-state index in [9.17, 15) is 4.79 Å². The molecule has 0 aliphatic rings. The van der Waals surface area contributed by atoms with Crippen LogP contribution in [-0.4, -0.2) is 25.2 Å². The molecule has 0 atom stereocenters. The number of rotatable bonds is 3. The molecular weight excluding hydrogens is 337 g/mol. The Kier molecular flexibility index (Phi) is 4.93.